The first-order valence-electron chi connectivity index (χ1n) is 4.95. The van der Waals surface area contributed by atoms with Crippen molar-refractivity contribution < 1.29 is 0 Å². The molecule has 0 aromatic heterocycles. The van der Waals surface area contributed by atoms with Crippen molar-refractivity contribution in [2.24, 2.45) is 11.1 Å². The van der Waals surface area contributed by atoms with E-state index in [4.69, 9.17) is 5.73 Å². The van der Waals surface area contributed by atoms with Crippen LogP contribution in [-0.2, 0) is 0 Å². The Balaban J connectivity index is 2.00. The minimum absolute atomic E-state index is 0.339. The van der Waals surface area contributed by atoms with Crippen LogP contribution in [0.25, 0.3) is 0 Å². The zero-order valence-electron chi connectivity index (χ0n) is 8.43. The maximum atomic E-state index is 5.94. The highest BCUT2D eigenvalue weighted by Gasteiger charge is 2.56. The summed E-state index contributed by atoms with van der Waals surface area (Å²) >= 11 is 0. The van der Waals surface area contributed by atoms with Crippen LogP contribution in [0.2, 0.25) is 0 Å². The van der Waals surface area contributed by atoms with Crippen molar-refractivity contribution in [3.8, 4) is 0 Å². The number of nitrogens with zero attached hydrogens (tertiary/aromatic N) is 1. The van der Waals surface area contributed by atoms with Gasteiger partial charge in [-0.05, 0) is 40.2 Å². The van der Waals surface area contributed by atoms with Crippen LogP contribution in [0.4, 0.5) is 0 Å². The predicted octanol–water partition coefficient (Wildman–Crippen LogP) is 1.21. The van der Waals surface area contributed by atoms with Crippen LogP contribution in [-0.4, -0.2) is 29.6 Å². The molecule has 1 spiro atoms. The van der Waals surface area contributed by atoms with Crippen molar-refractivity contribution in [3.05, 3.63) is 0 Å². The van der Waals surface area contributed by atoms with E-state index in [-0.39, 0.29) is 0 Å². The third-order valence-corrected chi connectivity index (χ3v) is 3.59. The van der Waals surface area contributed by atoms with Gasteiger partial charge in [0.2, 0.25) is 0 Å². The van der Waals surface area contributed by atoms with E-state index in [1.165, 1.54) is 25.9 Å². The monoisotopic (exact) mass is 168 g/mol. The van der Waals surface area contributed by atoms with Crippen LogP contribution in [0.5, 0.6) is 0 Å². The number of nitrogens with two attached hydrogens (primary N) is 1. The molecule has 0 bridgehead atoms. The molecule has 0 aromatic carbocycles. The van der Waals surface area contributed by atoms with Gasteiger partial charge in [-0.25, -0.2) is 0 Å². The highest BCUT2D eigenvalue weighted by Crippen LogP contribution is 2.52. The molecule has 2 nitrogen and oxygen atoms in total. The van der Waals surface area contributed by atoms with Crippen molar-refractivity contribution in [2.75, 3.05) is 13.1 Å². The Morgan fingerprint density at radius 1 is 1.42 bits per heavy atom. The number of hydrogen-bond acceptors (Lipinski definition) is 2. The second kappa shape index (κ2) is 2.24. The molecule has 2 fully saturated rings. The molecule has 1 heterocycles. The van der Waals surface area contributed by atoms with Gasteiger partial charge >= 0.3 is 0 Å². The molecular weight excluding hydrogens is 148 g/mol. The van der Waals surface area contributed by atoms with E-state index < -0.39 is 0 Å². The van der Waals surface area contributed by atoms with Gasteiger partial charge in [0.05, 0.1) is 0 Å². The summed E-state index contributed by atoms with van der Waals surface area (Å²) in [7, 11) is 0. The van der Waals surface area contributed by atoms with Crippen LogP contribution in [0.15, 0.2) is 0 Å². The van der Waals surface area contributed by atoms with Gasteiger partial charge < -0.3 is 5.73 Å². The molecule has 0 aromatic rings. The van der Waals surface area contributed by atoms with Gasteiger partial charge in [-0.15, -0.1) is 0 Å². The minimum atomic E-state index is 0.339. The van der Waals surface area contributed by atoms with E-state index in [0.717, 1.165) is 0 Å². The standard InChI is InChI=1S/C10H20N2/c1-9(2,3)12-5-4-10(7-12)6-8(10)11/h8H,4-7,11H2,1-3H3. The molecule has 0 radical (unpaired) electrons. The lowest BCUT2D eigenvalue weighted by Crippen LogP contribution is -2.40. The fourth-order valence-corrected chi connectivity index (χ4v) is 2.32. The summed E-state index contributed by atoms with van der Waals surface area (Å²) in [5.74, 6) is 0. The Morgan fingerprint density at radius 3 is 2.25 bits per heavy atom. The van der Waals surface area contributed by atoms with Crippen molar-refractivity contribution in [3.63, 3.8) is 0 Å². The first-order valence-corrected chi connectivity index (χ1v) is 4.95. The van der Waals surface area contributed by atoms with Gasteiger partial charge in [0.15, 0.2) is 0 Å². The topological polar surface area (TPSA) is 29.3 Å². The minimum Gasteiger partial charge on any atom is -0.327 e. The Morgan fingerprint density at radius 2 is 2.00 bits per heavy atom. The zero-order chi connectivity index (χ0) is 8.98. The van der Waals surface area contributed by atoms with Crippen molar-refractivity contribution in [1.29, 1.82) is 0 Å². The first kappa shape index (κ1) is 8.52. The number of hydrogen-bond donors (Lipinski definition) is 1. The molecule has 70 valence electrons. The van der Waals surface area contributed by atoms with Crippen LogP contribution >= 0.6 is 0 Å². The highest BCUT2D eigenvalue weighted by molar-refractivity contribution is 5.12. The van der Waals surface area contributed by atoms with E-state index in [9.17, 15) is 0 Å². The van der Waals surface area contributed by atoms with Gasteiger partial charge in [-0.1, -0.05) is 0 Å². The van der Waals surface area contributed by atoms with Crippen molar-refractivity contribution >= 4 is 0 Å². The molecule has 2 aliphatic rings. The first-order chi connectivity index (χ1) is 5.44. The molecule has 2 N–H and O–H groups in total. The molecule has 12 heavy (non-hydrogen) atoms. The Labute approximate surface area is 75.1 Å². The summed E-state index contributed by atoms with van der Waals surface area (Å²) in [5, 5.41) is 0. The SMILES string of the molecule is CC(C)(C)N1CCC2(CC2N)C1. The quantitative estimate of drug-likeness (QED) is 0.589. The van der Waals surface area contributed by atoms with Crippen LogP contribution in [0.1, 0.15) is 33.6 Å². The fraction of sp³-hybridized carbons (Fsp3) is 1.00. The third-order valence-electron chi connectivity index (χ3n) is 3.59. The summed E-state index contributed by atoms with van der Waals surface area (Å²) in [4.78, 5) is 2.57. The van der Waals surface area contributed by atoms with Gasteiger partial charge in [0.25, 0.3) is 0 Å². The molecule has 1 saturated carbocycles. The molecule has 2 atom stereocenters. The maximum absolute atomic E-state index is 5.94. The van der Waals surface area contributed by atoms with Crippen molar-refractivity contribution in [2.45, 2.75) is 45.2 Å². The number of rotatable bonds is 0. The second-order valence-corrected chi connectivity index (χ2v) is 5.52. The smallest absolute Gasteiger partial charge is 0.0125 e. The Hall–Kier alpha value is -0.0800. The third kappa shape index (κ3) is 1.17. The van der Waals surface area contributed by atoms with E-state index in [2.05, 4.69) is 25.7 Å². The molecule has 1 saturated heterocycles. The highest BCUT2D eigenvalue weighted by atomic mass is 15.2. The molecule has 1 aliphatic carbocycles. The fourth-order valence-electron chi connectivity index (χ4n) is 2.32. The summed E-state index contributed by atoms with van der Waals surface area (Å²) in [5.41, 5.74) is 6.82. The lowest BCUT2D eigenvalue weighted by Gasteiger charge is -2.31. The maximum Gasteiger partial charge on any atom is 0.0125 e. The Kier molecular flexibility index (Phi) is 1.59. The molecule has 2 rings (SSSR count). The van der Waals surface area contributed by atoms with Gasteiger partial charge in [-0.3, -0.25) is 4.90 Å². The lowest BCUT2D eigenvalue weighted by atomic mass is 10.0. The van der Waals surface area contributed by atoms with Crippen LogP contribution < -0.4 is 5.73 Å². The molecule has 2 heteroatoms. The van der Waals surface area contributed by atoms with E-state index >= 15 is 0 Å². The van der Waals surface area contributed by atoms with E-state index in [0.29, 0.717) is 17.0 Å². The predicted molar refractivity (Wildman–Crippen MR) is 51.0 cm³/mol. The van der Waals surface area contributed by atoms with E-state index in [1.54, 1.807) is 0 Å². The van der Waals surface area contributed by atoms with E-state index in [1.807, 2.05) is 0 Å². The van der Waals surface area contributed by atoms with Gasteiger partial charge in [-0.2, -0.15) is 0 Å². The van der Waals surface area contributed by atoms with Crippen LogP contribution in [0, 0.1) is 5.41 Å². The molecule has 2 unspecified atom stereocenters. The van der Waals surface area contributed by atoms with Gasteiger partial charge in [0, 0.05) is 23.5 Å². The average Bonchev–Trinajstić information content (AvgIpc) is 2.43. The van der Waals surface area contributed by atoms with Gasteiger partial charge in [0.1, 0.15) is 0 Å². The van der Waals surface area contributed by atoms with Crippen LogP contribution in [0.3, 0.4) is 0 Å². The molecule has 0 amide bonds. The summed E-state index contributed by atoms with van der Waals surface area (Å²) in [6.45, 7) is 9.36. The number of likely N-dealkylation sites (tertiary alicyclic amines) is 1. The molecule has 1 aliphatic heterocycles. The summed E-state index contributed by atoms with van der Waals surface area (Å²) < 4.78 is 0. The normalized spacial score (nSPS) is 42.5. The Bertz CT molecular complexity index is 195. The summed E-state index contributed by atoms with van der Waals surface area (Å²) in [6, 6.07) is 0.504. The average molecular weight is 168 g/mol. The largest absolute Gasteiger partial charge is 0.327 e. The molecular formula is C10H20N2. The second-order valence-electron chi connectivity index (χ2n) is 5.52. The van der Waals surface area contributed by atoms with Crippen molar-refractivity contribution in [1.82, 2.24) is 4.90 Å². The zero-order valence-corrected chi connectivity index (χ0v) is 8.43. The summed E-state index contributed by atoms with van der Waals surface area (Å²) in [6.07, 6.45) is 2.59. The lowest BCUT2D eigenvalue weighted by molar-refractivity contribution is 0.165.